The predicted molar refractivity (Wildman–Crippen MR) is 135 cm³/mol. The zero-order valence-corrected chi connectivity index (χ0v) is 20.4. The lowest BCUT2D eigenvalue weighted by Gasteiger charge is -2.44. The highest BCUT2D eigenvalue weighted by Gasteiger charge is 2.46. The van der Waals surface area contributed by atoms with E-state index in [1.165, 1.54) is 0 Å². The molecule has 4 heterocycles. The number of piperazine rings is 1. The summed E-state index contributed by atoms with van der Waals surface area (Å²) in [5.74, 6) is 0.962. The Bertz CT molecular complexity index is 1140. The quantitative estimate of drug-likeness (QED) is 0.549. The number of anilines is 1. The minimum atomic E-state index is -0.410. The second-order valence-electron chi connectivity index (χ2n) is 9.38. The number of thiophene rings is 1. The monoisotopic (exact) mass is 474 g/mol. The van der Waals surface area contributed by atoms with Gasteiger partial charge < -0.3 is 14.7 Å². The molecule has 0 N–H and O–H groups in total. The Hall–Kier alpha value is -3.19. The van der Waals surface area contributed by atoms with Crippen molar-refractivity contribution in [1.29, 1.82) is 0 Å². The van der Waals surface area contributed by atoms with Crippen LogP contribution in [0.15, 0.2) is 66.2 Å². The fourth-order valence-electron chi connectivity index (χ4n) is 5.12. The Morgan fingerprint density at radius 3 is 2.47 bits per heavy atom. The summed E-state index contributed by atoms with van der Waals surface area (Å²) < 4.78 is 0. The molecular formula is C27H30N4O2S. The molecule has 3 aromatic rings. The third-order valence-electron chi connectivity index (χ3n) is 6.67. The molecule has 2 aliphatic heterocycles. The molecule has 5 rings (SSSR count). The average molecular weight is 475 g/mol. The van der Waals surface area contributed by atoms with E-state index in [2.05, 4.69) is 29.8 Å². The fraction of sp³-hybridized carbons (Fsp3) is 0.370. The van der Waals surface area contributed by atoms with Crippen molar-refractivity contribution >= 4 is 29.0 Å². The molecule has 1 aromatic carbocycles. The Labute approximate surface area is 204 Å². The van der Waals surface area contributed by atoms with E-state index < -0.39 is 5.92 Å². The van der Waals surface area contributed by atoms with Crippen molar-refractivity contribution < 1.29 is 9.59 Å². The highest BCUT2D eigenvalue weighted by molar-refractivity contribution is 7.10. The SMILES string of the molecule is CC(C)CN1C(=O)c2ccccc2[C@H](C(=O)N2CCN(c3ccccn3)CC2)[C@@H]1c1cccs1. The van der Waals surface area contributed by atoms with Crippen molar-refractivity contribution in [3.05, 3.63) is 82.2 Å². The normalized spacial score (nSPS) is 20.6. The smallest absolute Gasteiger partial charge is 0.254 e. The molecule has 34 heavy (non-hydrogen) atoms. The van der Waals surface area contributed by atoms with Crippen molar-refractivity contribution in [3.8, 4) is 0 Å². The number of aromatic nitrogens is 1. The lowest BCUT2D eigenvalue weighted by molar-refractivity contribution is -0.135. The minimum Gasteiger partial charge on any atom is -0.353 e. The first kappa shape index (κ1) is 22.6. The molecule has 7 heteroatoms. The van der Waals surface area contributed by atoms with E-state index in [-0.39, 0.29) is 17.9 Å². The Balaban J connectivity index is 1.48. The largest absolute Gasteiger partial charge is 0.353 e. The number of amides is 2. The number of carbonyl (C=O) groups is 2. The lowest BCUT2D eigenvalue weighted by Crippen LogP contribution is -2.53. The van der Waals surface area contributed by atoms with E-state index in [9.17, 15) is 9.59 Å². The van der Waals surface area contributed by atoms with Gasteiger partial charge in [-0.3, -0.25) is 9.59 Å². The number of nitrogens with zero attached hydrogens (tertiary/aromatic N) is 4. The van der Waals surface area contributed by atoms with Gasteiger partial charge in [-0.2, -0.15) is 0 Å². The van der Waals surface area contributed by atoms with Crippen LogP contribution >= 0.6 is 11.3 Å². The summed E-state index contributed by atoms with van der Waals surface area (Å²) in [6.45, 7) is 7.63. The van der Waals surface area contributed by atoms with Gasteiger partial charge in [-0.25, -0.2) is 4.98 Å². The molecule has 0 aliphatic carbocycles. The molecule has 176 valence electrons. The van der Waals surface area contributed by atoms with E-state index in [1.54, 1.807) is 17.5 Å². The minimum absolute atomic E-state index is 0.0201. The first-order valence-corrected chi connectivity index (χ1v) is 12.8. The summed E-state index contributed by atoms with van der Waals surface area (Å²) in [5.41, 5.74) is 1.50. The first-order chi connectivity index (χ1) is 16.5. The number of rotatable bonds is 5. The summed E-state index contributed by atoms with van der Waals surface area (Å²) in [6.07, 6.45) is 1.80. The van der Waals surface area contributed by atoms with Gasteiger partial charge in [-0.15, -0.1) is 11.3 Å². The molecule has 1 fully saturated rings. The van der Waals surface area contributed by atoms with Crippen molar-refractivity contribution in [1.82, 2.24) is 14.8 Å². The number of carbonyl (C=O) groups excluding carboxylic acids is 2. The second-order valence-corrected chi connectivity index (χ2v) is 10.4. The third-order valence-corrected chi connectivity index (χ3v) is 7.61. The van der Waals surface area contributed by atoms with Gasteiger partial charge >= 0.3 is 0 Å². The Kier molecular flexibility index (Phi) is 6.37. The van der Waals surface area contributed by atoms with Gasteiger partial charge in [0.2, 0.25) is 5.91 Å². The summed E-state index contributed by atoms with van der Waals surface area (Å²) >= 11 is 1.62. The molecule has 0 saturated carbocycles. The van der Waals surface area contributed by atoms with Gasteiger partial charge in [0.1, 0.15) is 5.82 Å². The van der Waals surface area contributed by atoms with Gasteiger partial charge in [0.15, 0.2) is 0 Å². The van der Waals surface area contributed by atoms with Crippen LogP contribution < -0.4 is 4.90 Å². The fourth-order valence-corrected chi connectivity index (χ4v) is 6.00. The molecule has 2 aliphatic rings. The highest BCUT2D eigenvalue weighted by atomic mass is 32.1. The summed E-state index contributed by atoms with van der Waals surface area (Å²) in [5, 5.41) is 2.03. The number of pyridine rings is 1. The third kappa shape index (κ3) is 4.20. The second kappa shape index (κ2) is 9.58. The summed E-state index contributed by atoms with van der Waals surface area (Å²) in [4.78, 5) is 39.4. The maximum atomic E-state index is 14.2. The maximum absolute atomic E-state index is 14.2. The van der Waals surface area contributed by atoms with E-state index in [0.717, 1.165) is 29.3 Å². The molecule has 2 aromatic heterocycles. The van der Waals surface area contributed by atoms with Crippen LogP contribution in [0.25, 0.3) is 0 Å². The molecule has 2 atom stereocenters. The molecule has 0 unspecified atom stereocenters. The van der Waals surface area contributed by atoms with Crippen LogP contribution in [0, 0.1) is 5.92 Å². The maximum Gasteiger partial charge on any atom is 0.254 e. The standard InChI is InChI=1S/C27H30N4O2S/c1-19(2)18-31-25(22-10-7-17-34-22)24(20-8-3-4-9-21(20)26(31)32)27(33)30-15-13-29(14-16-30)23-11-5-6-12-28-23/h3-12,17,19,24-25H,13-16,18H2,1-2H3/t24-,25-/m0/s1. The number of fused-ring (bicyclic) bond motifs is 1. The van der Waals surface area contributed by atoms with Gasteiger partial charge in [0.25, 0.3) is 5.91 Å². The Morgan fingerprint density at radius 2 is 1.79 bits per heavy atom. The molecule has 0 spiro atoms. The summed E-state index contributed by atoms with van der Waals surface area (Å²) in [7, 11) is 0. The van der Waals surface area contributed by atoms with Gasteiger partial charge in [0, 0.05) is 49.4 Å². The predicted octanol–water partition coefficient (Wildman–Crippen LogP) is 4.43. The van der Waals surface area contributed by atoms with E-state index >= 15 is 0 Å². The molecule has 0 bridgehead atoms. The van der Waals surface area contributed by atoms with Gasteiger partial charge in [-0.1, -0.05) is 44.2 Å². The van der Waals surface area contributed by atoms with Crippen molar-refractivity contribution in [2.75, 3.05) is 37.6 Å². The van der Waals surface area contributed by atoms with E-state index in [4.69, 9.17) is 0 Å². The van der Waals surface area contributed by atoms with Crippen molar-refractivity contribution in [2.45, 2.75) is 25.8 Å². The molecular weight excluding hydrogens is 444 g/mol. The highest BCUT2D eigenvalue weighted by Crippen LogP contribution is 2.45. The molecule has 0 radical (unpaired) electrons. The first-order valence-electron chi connectivity index (χ1n) is 11.9. The topological polar surface area (TPSA) is 56.8 Å². The van der Waals surface area contributed by atoms with Crippen LogP contribution in [0.2, 0.25) is 0 Å². The van der Waals surface area contributed by atoms with Gasteiger partial charge in [0.05, 0.1) is 12.0 Å². The van der Waals surface area contributed by atoms with Crippen LogP contribution in [-0.4, -0.2) is 59.3 Å². The van der Waals surface area contributed by atoms with E-state index in [1.807, 2.05) is 63.7 Å². The summed E-state index contributed by atoms with van der Waals surface area (Å²) in [6, 6.07) is 17.4. The lowest BCUT2D eigenvalue weighted by atomic mass is 9.80. The van der Waals surface area contributed by atoms with Crippen LogP contribution in [0.4, 0.5) is 5.82 Å². The van der Waals surface area contributed by atoms with Crippen molar-refractivity contribution in [3.63, 3.8) is 0 Å². The van der Waals surface area contributed by atoms with Crippen LogP contribution in [0.3, 0.4) is 0 Å². The zero-order valence-electron chi connectivity index (χ0n) is 19.6. The van der Waals surface area contributed by atoms with Crippen LogP contribution in [-0.2, 0) is 4.79 Å². The molecule has 2 amide bonds. The number of benzene rings is 1. The number of hydrogen-bond donors (Lipinski definition) is 0. The Morgan fingerprint density at radius 1 is 1.03 bits per heavy atom. The molecule has 6 nitrogen and oxygen atoms in total. The zero-order chi connectivity index (χ0) is 23.7. The van der Waals surface area contributed by atoms with Crippen LogP contribution in [0.1, 0.15) is 46.6 Å². The van der Waals surface area contributed by atoms with Crippen molar-refractivity contribution in [2.24, 2.45) is 5.92 Å². The van der Waals surface area contributed by atoms with E-state index in [0.29, 0.717) is 31.1 Å². The number of hydrogen-bond acceptors (Lipinski definition) is 5. The average Bonchev–Trinajstić information content (AvgIpc) is 3.40. The van der Waals surface area contributed by atoms with Crippen LogP contribution in [0.5, 0.6) is 0 Å². The van der Waals surface area contributed by atoms with Gasteiger partial charge in [-0.05, 0) is 41.1 Å². The molecule has 1 saturated heterocycles.